The predicted octanol–water partition coefficient (Wildman–Crippen LogP) is 3.06. The number of hydrogen-bond acceptors (Lipinski definition) is 3. The van der Waals surface area contributed by atoms with Crippen LogP contribution in [0.3, 0.4) is 0 Å². The van der Waals surface area contributed by atoms with Gasteiger partial charge in [0, 0.05) is 18.4 Å². The fourth-order valence-electron chi connectivity index (χ4n) is 2.36. The number of benzene rings is 2. The minimum Gasteiger partial charge on any atom is -0.493 e. The standard InChI is InChI=1S/C17H16O3/c18-12-14-2-1-3-16(11-14)19-8-6-13-4-5-17-15(10-13)7-9-20-17/h1-5,10-12H,6-9H2. The van der Waals surface area contributed by atoms with E-state index in [4.69, 9.17) is 9.47 Å². The van der Waals surface area contributed by atoms with Crippen molar-refractivity contribution in [3.63, 3.8) is 0 Å². The highest BCUT2D eigenvalue weighted by molar-refractivity contribution is 5.75. The maximum atomic E-state index is 10.7. The molecule has 1 heterocycles. The average Bonchev–Trinajstić information content (AvgIpc) is 2.95. The van der Waals surface area contributed by atoms with Crippen LogP contribution in [0.4, 0.5) is 0 Å². The van der Waals surface area contributed by atoms with Gasteiger partial charge in [-0.3, -0.25) is 4.79 Å². The summed E-state index contributed by atoms with van der Waals surface area (Å²) in [7, 11) is 0. The first-order valence-electron chi connectivity index (χ1n) is 6.78. The molecule has 0 spiro atoms. The molecular formula is C17H16O3. The molecule has 3 rings (SSSR count). The fraction of sp³-hybridized carbons (Fsp3) is 0.235. The molecule has 20 heavy (non-hydrogen) atoms. The van der Waals surface area contributed by atoms with E-state index in [1.165, 1.54) is 11.1 Å². The third-order valence-electron chi connectivity index (χ3n) is 3.41. The molecule has 0 aromatic heterocycles. The molecular weight excluding hydrogens is 252 g/mol. The molecule has 0 radical (unpaired) electrons. The second-order valence-corrected chi connectivity index (χ2v) is 4.83. The molecule has 3 heteroatoms. The third-order valence-corrected chi connectivity index (χ3v) is 3.41. The molecule has 3 nitrogen and oxygen atoms in total. The van der Waals surface area contributed by atoms with Gasteiger partial charge in [-0.15, -0.1) is 0 Å². The third kappa shape index (κ3) is 2.82. The van der Waals surface area contributed by atoms with Crippen molar-refractivity contribution in [3.05, 3.63) is 59.2 Å². The van der Waals surface area contributed by atoms with Crippen LogP contribution in [0.25, 0.3) is 0 Å². The van der Waals surface area contributed by atoms with Crippen molar-refractivity contribution in [1.29, 1.82) is 0 Å². The highest BCUT2D eigenvalue weighted by Gasteiger charge is 2.11. The molecule has 1 aliphatic rings. The van der Waals surface area contributed by atoms with Crippen LogP contribution in [-0.2, 0) is 12.8 Å². The van der Waals surface area contributed by atoms with Crippen molar-refractivity contribution in [1.82, 2.24) is 0 Å². The van der Waals surface area contributed by atoms with Gasteiger partial charge in [0.2, 0.25) is 0 Å². The van der Waals surface area contributed by atoms with Gasteiger partial charge in [-0.2, -0.15) is 0 Å². The summed E-state index contributed by atoms with van der Waals surface area (Å²) in [6.07, 6.45) is 2.66. The Morgan fingerprint density at radius 2 is 2.15 bits per heavy atom. The Kier molecular flexibility index (Phi) is 3.68. The first-order chi connectivity index (χ1) is 9.85. The second kappa shape index (κ2) is 5.78. The van der Waals surface area contributed by atoms with Crippen molar-refractivity contribution in [2.45, 2.75) is 12.8 Å². The molecule has 0 saturated carbocycles. The summed E-state index contributed by atoms with van der Waals surface area (Å²) >= 11 is 0. The Morgan fingerprint density at radius 3 is 3.05 bits per heavy atom. The molecule has 0 amide bonds. The van der Waals surface area contributed by atoms with Gasteiger partial charge in [0.15, 0.2) is 0 Å². The van der Waals surface area contributed by atoms with Crippen LogP contribution in [0, 0.1) is 0 Å². The van der Waals surface area contributed by atoms with E-state index in [0.717, 1.165) is 37.2 Å². The number of carbonyl (C=O) groups is 1. The highest BCUT2D eigenvalue weighted by atomic mass is 16.5. The Bertz CT molecular complexity index is 619. The maximum absolute atomic E-state index is 10.7. The molecule has 2 aromatic rings. The molecule has 0 atom stereocenters. The molecule has 0 bridgehead atoms. The van der Waals surface area contributed by atoms with Crippen LogP contribution < -0.4 is 9.47 Å². The molecule has 0 saturated heterocycles. The van der Waals surface area contributed by atoms with E-state index >= 15 is 0 Å². The Labute approximate surface area is 118 Å². The van der Waals surface area contributed by atoms with Crippen molar-refractivity contribution < 1.29 is 14.3 Å². The fourth-order valence-corrected chi connectivity index (χ4v) is 2.36. The molecule has 0 N–H and O–H groups in total. The van der Waals surface area contributed by atoms with E-state index in [0.29, 0.717) is 12.2 Å². The minimum atomic E-state index is 0.599. The number of hydrogen-bond donors (Lipinski definition) is 0. The van der Waals surface area contributed by atoms with E-state index in [1.807, 2.05) is 18.2 Å². The summed E-state index contributed by atoms with van der Waals surface area (Å²) in [6, 6.07) is 13.5. The molecule has 1 aliphatic heterocycles. The summed E-state index contributed by atoms with van der Waals surface area (Å²) in [6.45, 7) is 1.38. The number of aldehydes is 1. The predicted molar refractivity (Wildman–Crippen MR) is 76.7 cm³/mol. The van der Waals surface area contributed by atoms with Crippen molar-refractivity contribution >= 4 is 6.29 Å². The Balaban J connectivity index is 1.58. The Morgan fingerprint density at radius 1 is 1.20 bits per heavy atom. The zero-order valence-electron chi connectivity index (χ0n) is 11.2. The second-order valence-electron chi connectivity index (χ2n) is 4.83. The molecule has 0 fully saturated rings. The van der Waals surface area contributed by atoms with Crippen LogP contribution in [0.1, 0.15) is 21.5 Å². The van der Waals surface area contributed by atoms with Crippen LogP contribution in [0.2, 0.25) is 0 Å². The normalized spacial score (nSPS) is 12.6. The van der Waals surface area contributed by atoms with E-state index in [9.17, 15) is 4.79 Å². The first kappa shape index (κ1) is 12.7. The van der Waals surface area contributed by atoms with E-state index < -0.39 is 0 Å². The van der Waals surface area contributed by atoms with Gasteiger partial charge in [0.1, 0.15) is 17.8 Å². The zero-order valence-corrected chi connectivity index (χ0v) is 11.2. The summed E-state index contributed by atoms with van der Waals surface area (Å²) < 4.78 is 11.2. The highest BCUT2D eigenvalue weighted by Crippen LogP contribution is 2.26. The smallest absolute Gasteiger partial charge is 0.150 e. The Hall–Kier alpha value is -2.29. The summed E-state index contributed by atoms with van der Waals surface area (Å²) in [5, 5.41) is 0. The van der Waals surface area contributed by atoms with Gasteiger partial charge in [-0.05, 0) is 29.3 Å². The SMILES string of the molecule is O=Cc1cccc(OCCc2ccc3c(c2)CCO3)c1. The number of carbonyl (C=O) groups excluding carboxylic acids is 1. The lowest BCUT2D eigenvalue weighted by Gasteiger charge is -2.07. The topological polar surface area (TPSA) is 35.5 Å². The average molecular weight is 268 g/mol. The molecule has 0 unspecified atom stereocenters. The van der Waals surface area contributed by atoms with Gasteiger partial charge in [0.05, 0.1) is 13.2 Å². The van der Waals surface area contributed by atoms with Gasteiger partial charge in [-0.1, -0.05) is 24.3 Å². The lowest BCUT2D eigenvalue weighted by molar-refractivity contribution is 0.112. The summed E-state index contributed by atoms with van der Waals surface area (Å²) in [5.74, 6) is 1.74. The number of rotatable bonds is 5. The monoisotopic (exact) mass is 268 g/mol. The van der Waals surface area contributed by atoms with Crippen LogP contribution >= 0.6 is 0 Å². The summed E-state index contributed by atoms with van der Waals surface area (Å²) in [4.78, 5) is 10.7. The van der Waals surface area contributed by atoms with E-state index in [-0.39, 0.29) is 0 Å². The van der Waals surface area contributed by atoms with Crippen molar-refractivity contribution in [2.24, 2.45) is 0 Å². The van der Waals surface area contributed by atoms with Crippen molar-refractivity contribution in [3.8, 4) is 11.5 Å². The largest absolute Gasteiger partial charge is 0.493 e. The lowest BCUT2D eigenvalue weighted by Crippen LogP contribution is -2.02. The minimum absolute atomic E-state index is 0.599. The van der Waals surface area contributed by atoms with Gasteiger partial charge in [0.25, 0.3) is 0 Å². The van der Waals surface area contributed by atoms with E-state index in [2.05, 4.69) is 12.1 Å². The van der Waals surface area contributed by atoms with Crippen molar-refractivity contribution in [2.75, 3.05) is 13.2 Å². The molecule has 102 valence electrons. The van der Waals surface area contributed by atoms with E-state index in [1.54, 1.807) is 12.1 Å². The maximum Gasteiger partial charge on any atom is 0.150 e. The zero-order chi connectivity index (χ0) is 13.8. The number of fused-ring (bicyclic) bond motifs is 1. The first-order valence-corrected chi connectivity index (χ1v) is 6.78. The van der Waals surface area contributed by atoms with Gasteiger partial charge < -0.3 is 9.47 Å². The quantitative estimate of drug-likeness (QED) is 0.782. The van der Waals surface area contributed by atoms with Crippen LogP contribution in [-0.4, -0.2) is 19.5 Å². The van der Waals surface area contributed by atoms with Crippen LogP contribution in [0.15, 0.2) is 42.5 Å². The lowest BCUT2D eigenvalue weighted by atomic mass is 10.1. The van der Waals surface area contributed by atoms with Gasteiger partial charge >= 0.3 is 0 Å². The molecule has 2 aromatic carbocycles. The van der Waals surface area contributed by atoms with Crippen LogP contribution in [0.5, 0.6) is 11.5 Å². The molecule has 0 aliphatic carbocycles. The number of ether oxygens (including phenoxy) is 2. The van der Waals surface area contributed by atoms with Gasteiger partial charge in [-0.25, -0.2) is 0 Å². The summed E-state index contributed by atoms with van der Waals surface area (Å²) in [5.41, 5.74) is 3.17.